The summed E-state index contributed by atoms with van der Waals surface area (Å²) in [4.78, 5) is 23.7. The van der Waals surface area contributed by atoms with Crippen LogP contribution in [0.1, 0.15) is 18.9 Å². The first-order chi connectivity index (χ1) is 11.3. The molecule has 130 valence electrons. The summed E-state index contributed by atoms with van der Waals surface area (Å²) in [6.07, 6.45) is -3.67. The molecule has 0 bridgehead atoms. The zero-order valence-electron chi connectivity index (χ0n) is 12.9. The van der Waals surface area contributed by atoms with Gasteiger partial charge in [-0.3, -0.25) is 19.5 Å². The fraction of sp³-hybridized carbons (Fsp3) is 0.400. The highest BCUT2D eigenvalue weighted by Crippen LogP contribution is 2.32. The second kappa shape index (κ2) is 7.33. The van der Waals surface area contributed by atoms with Crippen LogP contribution in [0, 0.1) is 0 Å². The number of amidine groups is 1. The van der Waals surface area contributed by atoms with Gasteiger partial charge in [-0.1, -0.05) is 6.07 Å². The highest BCUT2D eigenvalue weighted by molar-refractivity contribution is 5.96. The number of esters is 1. The number of hydrogen-bond acceptors (Lipinski definition) is 5. The molecule has 0 unspecified atom stereocenters. The number of anilines is 1. The number of rotatable bonds is 5. The van der Waals surface area contributed by atoms with Gasteiger partial charge in [0.25, 0.3) is 0 Å². The van der Waals surface area contributed by atoms with E-state index in [9.17, 15) is 22.8 Å². The minimum absolute atomic E-state index is 0.189. The Hall–Kier alpha value is -2.58. The second-order valence-corrected chi connectivity index (χ2v) is 4.98. The molecule has 0 radical (unpaired) electrons. The maximum atomic E-state index is 12.8. The van der Waals surface area contributed by atoms with Gasteiger partial charge in [0, 0.05) is 13.0 Å². The quantitative estimate of drug-likeness (QED) is 0.608. The maximum absolute atomic E-state index is 12.8. The van der Waals surface area contributed by atoms with Crippen molar-refractivity contribution >= 4 is 23.9 Å². The Morgan fingerprint density at radius 2 is 2.21 bits per heavy atom. The first-order valence-corrected chi connectivity index (χ1v) is 7.25. The van der Waals surface area contributed by atoms with Crippen molar-refractivity contribution in [2.75, 3.05) is 24.7 Å². The van der Waals surface area contributed by atoms with Gasteiger partial charge in [0.2, 0.25) is 6.41 Å². The Bertz CT molecular complexity index is 646. The van der Waals surface area contributed by atoms with E-state index in [4.69, 9.17) is 4.74 Å². The van der Waals surface area contributed by atoms with Gasteiger partial charge in [0.05, 0.1) is 17.9 Å². The number of hydrogen-bond donors (Lipinski definition) is 0. The lowest BCUT2D eigenvalue weighted by molar-refractivity contribution is -0.144. The van der Waals surface area contributed by atoms with Gasteiger partial charge in [0.15, 0.2) is 0 Å². The van der Waals surface area contributed by atoms with Crippen LogP contribution in [0.3, 0.4) is 0 Å². The number of amides is 1. The SMILES string of the molecule is CCOC(=O)CN(C=O)C1=NN(c2cccc(C(F)(F)F)c2)CC1. The average molecular weight is 343 g/mol. The van der Waals surface area contributed by atoms with E-state index in [-0.39, 0.29) is 18.8 Å². The molecule has 1 aromatic carbocycles. The number of ether oxygens (including phenoxy) is 1. The lowest BCUT2D eigenvalue weighted by Gasteiger charge is -2.16. The van der Waals surface area contributed by atoms with E-state index in [1.165, 1.54) is 17.1 Å². The molecule has 1 aromatic rings. The van der Waals surface area contributed by atoms with Crippen molar-refractivity contribution < 1.29 is 27.5 Å². The topological polar surface area (TPSA) is 62.2 Å². The van der Waals surface area contributed by atoms with E-state index in [1.807, 2.05) is 0 Å². The molecular formula is C15H16F3N3O3. The fourth-order valence-electron chi connectivity index (χ4n) is 2.21. The Kier molecular flexibility index (Phi) is 5.42. The number of benzene rings is 1. The number of hydrazone groups is 1. The predicted molar refractivity (Wildman–Crippen MR) is 80.2 cm³/mol. The minimum Gasteiger partial charge on any atom is -0.465 e. The number of carbonyl (C=O) groups excluding carboxylic acids is 2. The van der Waals surface area contributed by atoms with Crippen LogP contribution in [0.5, 0.6) is 0 Å². The predicted octanol–water partition coefficient (Wildman–Crippen LogP) is 2.25. The first-order valence-electron chi connectivity index (χ1n) is 7.25. The lowest BCUT2D eigenvalue weighted by atomic mass is 10.2. The standard InChI is InChI=1S/C15H16F3N3O3/c1-2-24-14(23)9-20(10-22)13-6-7-21(19-13)12-5-3-4-11(8-12)15(16,17)18/h3-5,8,10H,2,6-7,9H2,1H3. The van der Waals surface area contributed by atoms with Crippen LogP contribution in [0.15, 0.2) is 29.4 Å². The molecule has 1 amide bonds. The molecule has 2 rings (SSSR count). The Morgan fingerprint density at radius 1 is 1.46 bits per heavy atom. The van der Waals surface area contributed by atoms with Gasteiger partial charge in [-0.2, -0.15) is 18.3 Å². The summed E-state index contributed by atoms with van der Waals surface area (Å²) >= 11 is 0. The summed E-state index contributed by atoms with van der Waals surface area (Å²) in [5.74, 6) is -0.278. The minimum atomic E-state index is -4.44. The summed E-state index contributed by atoms with van der Waals surface area (Å²) in [5, 5.41) is 5.50. The van der Waals surface area contributed by atoms with Crippen molar-refractivity contribution in [1.29, 1.82) is 0 Å². The zero-order chi connectivity index (χ0) is 17.7. The molecule has 6 nitrogen and oxygen atoms in total. The Balaban J connectivity index is 2.15. The monoisotopic (exact) mass is 343 g/mol. The van der Waals surface area contributed by atoms with Crippen molar-refractivity contribution in [2.45, 2.75) is 19.5 Å². The number of nitrogens with zero attached hydrogens (tertiary/aromatic N) is 3. The van der Waals surface area contributed by atoms with E-state index in [0.29, 0.717) is 25.2 Å². The van der Waals surface area contributed by atoms with Gasteiger partial charge in [-0.15, -0.1) is 0 Å². The molecule has 1 heterocycles. The van der Waals surface area contributed by atoms with Gasteiger partial charge in [-0.25, -0.2) is 0 Å². The molecule has 0 saturated heterocycles. The highest BCUT2D eigenvalue weighted by atomic mass is 19.4. The average Bonchev–Trinajstić information content (AvgIpc) is 3.02. The Labute approximate surface area is 136 Å². The molecule has 0 aromatic heterocycles. The third-order valence-corrected chi connectivity index (χ3v) is 3.32. The van der Waals surface area contributed by atoms with E-state index in [1.54, 1.807) is 6.92 Å². The van der Waals surface area contributed by atoms with Gasteiger partial charge in [-0.05, 0) is 25.1 Å². The van der Waals surface area contributed by atoms with Crippen LogP contribution in [0.4, 0.5) is 18.9 Å². The third-order valence-electron chi connectivity index (χ3n) is 3.32. The van der Waals surface area contributed by atoms with Crippen LogP contribution in [-0.4, -0.2) is 42.8 Å². The molecule has 0 aliphatic carbocycles. The van der Waals surface area contributed by atoms with Gasteiger partial charge < -0.3 is 4.74 Å². The van der Waals surface area contributed by atoms with Crippen LogP contribution in [-0.2, 0) is 20.5 Å². The Morgan fingerprint density at radius 3 is 2.83 bits per heavy atom. The lowest BCUT2D eigenvalue weighted by Crippen LogP contribution is -2.34. The van der Waals surface area contributed by atoms with Crippen LogP contribution in [0.25, 0.3) is 0 Å². The number of halogens is 3. The maximum Gasteiger partial charge on any atom is 0.416 e. The number of carbonyl (C=O) groups is 2. The van der Waals surface area contributed by atoms with Crippen molar-refractivity contribution in [3.05, 3.63) is 29.8 Å². The molecule has 9 heteroatoms. The van der Waals surface area contributed by atoms with Gasteiger partial charge in [0.1, 0.15) is 12.4 Å². The molecule has 0 atom stereocenters. The largest absolute Gasteiger partial charge is 0.465 e. The summed E-state index contributed by atoms with van der Waals surface area (Å²) in [6.45, 7) is 1.86. The van der Waals surface area contributed by atoms with Crippen molar-refractivity contribution in [2.24, 2.45) is 5.10 Å². The summed E-state index contributed by atoms with van der Waals surface area (Å²) < 4.78 is 43.1. The first kappa shape index (κ1) is 17.8. The molecular weight excluding hydrogens is 327 g/mol. The molecule has 0 fully saturated rings. The third kappa shape index (κ3) is 4.24. The smallest absolute Gasteiger partial charge is 0.416 e. The summed E-state index contributed by atoms with van der Waals surface area (Å²) in [6, 6.07) is 4.76. The van der Waals surface area contributed by atoms with Crippen molar-refractivity contribution in [3.8, 4) is 0 Å². The van der Waals surface area contributed by atoms with E-state index < -0.39 is 17.7 Å². The normalized spacial score (nSPS) is 14.3. The molecule has 0 spiro atoms. The van der Waals surface area contributed by atoms with E-state index >= 15 is 0 Å². The molecule has 24 heavy (non-hydrogen) atoms. The molecule has 0 N–H and O–H groups in total. The van der Waals surface area contributed by atoms with Crippen LogP contribution >= 0.6 is 0 Å². The molecule has 1 aliphatic heterocycles. The van der Waals surface area contributed by atoms with Gasteiger partial charge >= 0.3 is 12.1 Å². The van der Waals surface area contributed by atoms with Crippen LogP contribution in [0.2, 0.25) is 0 Å². The zero-order valence-corrected chi connectivity index (χ0v) is 12.9. The summed E-state index contributed by atoms with van der Waals surface area (Å²) in [7, 11) is 0. The van der Waals surface area contributed by atoms with Crippen molar-refractivity contribution in [3.63, 3.8) is 0 Å². The second-order valence-electron chi connectivity index (χ2n) is 4.98. The number of alkyl halides is 3. The van der Waals surface area contributed by atoms with Crippen LogP contribution < -0.4 is 5.01 Å². The molecule has 0 saturated carbocycles. The van der Waals surface area contributed by atoms with Crippen molar-refractivity contribution in [1.82, 2.24) is 4.90 Å². The van der Waals surface area contributed by atoms with E-state index in [2.05, 4.69) is 5.10 Å². The van der Waals surface area contributed by atoms with E-state index in [0.717, 1.165) is 17.0 Å². The fourth-order valence-corrected chi connectivity index (χ4v) is 2.21. The highest BCUT2D eigenvalue weighted by Gasteiger charge is 2.31. The summed E-state index contributed by atoms with van der Waals surface area (Å²) in [5.41, 5.74) is -0.510. The molecule has 1 aliphatic rings.